The number of amides is 2. The molecule has 2 amide bonds. The van der Waals surface area contributed by atoms with Gasteiger partial charge < -0.3 is 11.1 Å². The van der Waals surface area contributed by atoms with E-state index >= 15 is 0 Å². The molecule has 3 N–H and O–H groups in total. The summed E-state index contributed by atoms with van der Waals surface area (Å²) in [4.78, 5) is 37.3. The Morgan fingerprint density at radius 1 is 0.966 bits per heavy atom. The molecule has 0 saturated heterocycles. The van der Waals surface area contributed by atoms with Crippen LogP contribution in [0.1, 0.15) is 56.8 Å². The summed E-state index contributed by atoms with van der Waals surface area (Å²) in [5.74, 6) is -0.953. The van der Waals surface area contributed by atoms with Crippen LogP contribution in [0, 0.1) is 0 Å². The van der Waals surface area contributed by atoms with Gasteiger partial charge in [-0.15, -0.1) is 11.3 Å². The van der Waals surface area contributed by atoms with Gasteiger partial charge in [-0.1, -0.05) is 67.6 Å². The lowest BCUT2D eigenvalue weighted by atomic mass is 9.99. The van der Waals surface area contributed by atoms with Crippen molar-refractivity contribution in [2.45, 2.75) is 25.7 Å². The van der Waals surface area contributed by atoms with E-state index in [1.54, 1.807) is 30.3 Å². The van der Waals surface area contributed by atoms with Crippen molar-refractivity contribution >= 4 is 33.9 Å². The summed E-state index contributed by atoms with van der Waals surface area (Å²) in [5.41, 5.74) is 7.48. The Hall–Kier alpha value is -3.25. The lowest BCUT2D eigenvalue weighted by molar-refractivity contribution is -0.116. The lowest BCUT2D eigenvalue weighted by Gasteiger charge is -2.09. The van der Waals surface area contributed by atoms with Gasteiger partial charge in [0, 0.05) is 29.2 Å². The van der Waals surface area contributed by atoms with Crippen LogP contribution in [0.25, 0.3) is 0 Å². The van der Waals surface area contributed by atoms with Gasteiger partial charge >= 0.3 is 0 Å². The molecule has 0 aliphatic carbocycles. The number of hydrogen-bond acceptors (Lipinski definition) is 4. The maximum Gasteiger partial charge on any atom is 0.251 e. The standard InChI is InChI=1S/C23H22N2O3S/c1-15(16-8-4-2-5-9-16)20-14-18(22(24)28)23(29-20)25-21(27)13-12-19(26)17-10-6-3-7-11-17/h2-11,14-15H,12-13H2,1H3,(H2,24,28)(H,25,27). The second-order valence-corrected chi connectivity index (χ2v) is 7.81. The Labute approximate surface area is 173 Å². The van der Waals surface area contributed by atoms with Crippen LogP contribution >= 0.6 is 11.3 Å². The van der Waals surface area contributed by atoms with Gasteiger partial charge in [0.25, 0.3) is 5.91 Å². The van der Waals surface area contributed by atoms with Gasteiger partial charge in [0.1, 0.15) is 5.00 Å². The SMILES string of the molecule is CC(c1ccccc1)c1cc(C(N)=O)c(NC(=O)CCC(=O)c2ccccc2)s1. The normalized spacial score (nSPS) is 11.6. The zero-order valence-electron chi connectivity index (χ0n) is 16.1. The number of nitrogens with two attached hydrogens (primary N) is 1. The summed E-state index contributed by atoms with van der Waals surface area (Å²) in [6, 6.07) is 20.5. The minimum Gasteiger partial charge on any atom is -0.366 e. The zero-order valence-corrected chi connectivity index (χ0v) is 16.9. The van der Waals surface area contributed by atoms with Crippen LogP contribution in [0.4, 0.5) is 5.00 Å². The highest BCUT2D eigenvalue weighted by Gasteiger charge is 2.20. The number of thiophene rings is 1. The molecule has 1 atom stereocenters. The average Bonchev–Trinajstić information content (AvgIpc) is 3.16. The predicted molar refractivity (Wildman–Crippen MR) is 115 cm³/mol. The minimum absolute atomic E-state index is 0.0351. The average molecular weight is 407 g/mol. The number of Topliss-reactive ketones (excluding diaryl/α,β-unsaturated/α-hetero) is 1. The van der Waals surface area contributed by atoms with E-state index in [2.05, 4.69) is 5.32 Å². The zero-order chi connectivity index (χ0) is 20.8. The van der Waals surface area contributed by atoms with Crippen LogP contribution in [-0.2, 0) is 4.79 Å². The number of ketones is 1. The first-order valence-electron chi connectivity index (χ1n) is 9.32. The maximum absolute atomic E-state index is 12.4. The highest BCUT2D eigenvalue weighted by atomic mass is 32.1. The largest absolute Gasteiger partial charge is 0.366 e. The van der Waals surface area contributed by atoms with Crippen molar-refractivity contribution in [3.05, 3.63) is 88.3 Å². The molecule has 148 valence electrons. The van der Waals surface area contributed by atoms with Gasteiger partial charge in [-0.25, -0.2) is 0 Å². The van der Waals surface area contributed by atoms with E-state index in [0.29, 0.717) is 10.6 Å². The van der Waals surface area contributed by atoms with Crippen LogP contribution in [0.15, 0.2) is 66.7 Å². The van der Waals surface area contributed by atoms with Crippen LogP contribution in [0.5, 0.6) is 0 Å². The molecule has 0 fully saturated rings. The van der Waals surface area contributed by atoms with Crippen molar-refractivity contribution in [3.63, 3.8) is 0 Å². The van der Waals surface area contributed by atoms with E-state index < -0.39 is 5.91 Å². The fraction of sp³-hybridized carbons (Fsp3) is 0.174. The van der Waals surface area contributed by atoms with Gasteiger partial charge in [-0.05, 0) is 11.6 Å². The first-order chi connectivity index (χ1) is 14.0. The number of benzene rings is 2. The molecular formula is C23H22N2O3S. The minimum atomic E-state index is -0.594. The molecule has 29 heavy (non-hydrogen) atoms. The number of primary amides is 1. The first kappa shape index (κ1) is 20.5. The fourth-order valence-electron chi connectivity index (χ4n) is 2.99. The monoisotopic (exact) mass is 406 g/mol. The van der Waals surface area contributed by atoms with E-state index in [9.17, 15) is 14.4 Å². The molecule has 3 rings (SSSR count). The molecule has 6 heteroatoms. The van der Waals surface area contributed by atoms with Crippen molar-refractivity contribution in [3.8, 4) is 0 Å². The van der Waals surface area contributed by atoms with Crippen LogP contribution in [0.3, 0.4) is 0 Å². The van der Waals surface area contributed by atoms with Crippen molar-refractivity contribution in [1.82, 2.24) is 0 Å². The predicted octanol–water partition coefficient (Wildman–Crippen LogP) is 4.60. The van der Waals surface area contributed by atoms with Gasteiger partial charge in [0.15, 0.2) is 5.78 Å². The molecular weight excluding hydrogens is 384 g/mol. The lowest BCUT2D eigenvalue weighted by Crippen LogP contribution is -2.17. The second-order valence-electron chi connectivity index (χ2n) is 6.73. The van der Waals surface area contributed by atoms with E-state index in [1.807, 2.05) is 43.3 Å². The molecule has 1 aromatic heterocycles. The molecule has 2 aromatic carbocycles. The van der Waals surface area contributed by atoms with Crippen molar-refractivity contribution < 1.29 is 14.4 Å². The van der Waals surface area contributed by atoms with Gasteiger partial charge in [-0.3, -0.25) is 14.4 Å². The smallest absolute Gasteiger partial charge is 0.251 e. The molecule has 0 aliphatic rings. The quantitative estimate of drug-likeness (QED) is 0.536. The molecule has 1 unspecified atom stereocenters. The summed E-state index contributed by atoms with van der Waals surface area (Å²) in [7, 11) is 0. The third-order valence-corrected chi connectivity index (χ3v) is 5.90. The molecule has 1 heterocycles. The molecule has 0 radical (unpaired) electrons. The van der Waals surface area contributed by atoms with Gasteiger partial charge in [0.2, 0.25) is 5.91 Å². The summed E-state index contributed by atoms with van der Waals surface area (Å²) >= 11 is 1.33. The van der Waals surface area contributed by atoms with E-state index in [0.717, 1.165) is 10.4 Å². The Morgan fingerprint density at radius 2 is 1.59 bits per heavy atom. The highest BCUT2D eigenvalue weighted by Crippen LogP contribution is 2.36. The number of anilines is 1. The van der Waals surface area contributed by atoms with Crippen molar-refractivity contribution in [2.24, 2.45) is 5.73 Å². The van der Waals surface area contributed by atoms with E-state index in [4.69, 9.17) is 5.73 Å². The Bertz CT molecular complexity index is 1010. The summed E-state index contributed by atoms with van der Waals surface area (Å²) in [5, 5.41) is 3.18. The van der Waals surface area contributed by atoms with Crippen LogP contribution in [-0.4, -0.2) is 17.6 Å². The Kier molecular flexibility index (Phi) is 6.57. The number of carbonyl (C=O) groups is 3. The molecule has 3 aromatic rings. The maximum atomic E-state index is 12.4. The number of carbonyl (C=O) groups excluding carboxylic acids is 3. The summed E-state index contributed by atoms with van der Waals surface area (Å²) < 4.78 is 0. The highest BCUT2D eigenvalue weighted by molar-refractivity contribution is 7.16. The van der Waals surface area contributed by atoms with E-state index in [1.165, 1.54) is 11.3 Å². The first-order valence-corrected chi connectivity index (χ1v) is 10.1. The molecule has 0 saturated carbocycles. The number of nitrogens with one attached hydrogen (secondary N) is 1. The molecule has 0 bridgehead atoms. The third-order valence-electron chi connectivity index (χ3n) is 4.67. The van der Waals surface area contributed by atoms with Crippen LogP contribution < -0.4 is 11.1 Å². The van der Waals surface area contributed by atoms with Crippen molar-refractivity contribution in [1.29, 1.82) is 0 Å². The molecule has 5 nitrogen and oxygen atoms in total. The van der Waals surface area contributed by atoms with Gasteiger partial charge in [-0.2, -0.15) is 0 Å². The fourth-order valence-corrected chi connectivity index (χ4v) is 4.15. The Balaban J connectivity index is 1.69. The molecule has 0 aliphatic heterocycles. The third kappa shape index (κ3) is 5.18. The van der Waals surface area contributed by atoms with Gasteiger partial charge in [0.05, 0.1) is 5.56 Å². The molecule has 0 spiro atoms. The van der Waals surface area contributed by atoms with E-state index in [-0.39, 0.29) is 36.0 Å². The summed E-state index contributed by atoms with van der Waals surface area (Å²) in [6.07, 6.45) is 0.133. The Morgan fingerprint density at radius 3 is 2.21 bits per heavy atom. The van der Waals surface area contributed by atoms with Crippen molar-refractivity contribution in [2.75, 3.05) is 5.32 Å². The number of rotatable bonds is 8. The summed E-state index contributed by atoms with van der Waals surface area (Å²) in [6.45, 7) is 2.04. The topological polar surface area (TPSA) is 89.3 Å². The van der Waals surface area contributed by atoms with Crippen LogP contribution in [0.2, 0.25) is 0 Å². The number of hydrogen-bond donors (Lipinski definition) is 2. The second kappa shape index (κ2) is 9.30.